The van der Waals surface area contributed by atoms with Crippen molar-refractivity contribution in [2.75, 3.05) is 13.2 Å². The zero-order valence-electron chi connectivity index (χ0n) is 8.32. The normalized spacial score (nSPS) is 14.5. The van der Waals surface area contributed by atoms with Gasteiger partial charge in [-0.15, -0.1) is 0 Å². The van der Waals surface area contributed by atoms with Crippen molar-refractivity contribution in [3.8, 4) is 0 Å². The smallest absolute Gasteiger partial charge is 0.282 e. The van der Waals surface area contributed by atoms with Crippen molar-refractivity contribution in [1.29, 1.82) is 0 Å². The van der Waals surface area contributed by atoms with E-state index in [0.29, 0.717) is 0 Å². The number of alkyl halides is 2. The van der Waals surface area contributed by atoms with Crippen LogP contribution in [-0.2, 0) is 0 Å². The van der Waals surface area contributed by atoms with E-state index in [1.165, 1.54) is 0 Å². The summed E-state index contributed by atoms with van der Waals surface area (Å²) in [6.07, 6.45) is 2.73. The molecule has 1 unspecified atom stereocenters. The monoisotopic (exact) mass is 195 g/mol. The van der Waals surface area contributed by atoms with Crippen LogP contribution in [0.4, 0.5) is 8.78 Å². The third-order valence-electron chi connectivity index (χ3n) is 2.01. The Morgan fingerprint density at radius 2 is 2.00 bits per heavy atom. The predicted octanol–water partition coefficient (Wildman–Crippen LogP) is 1.78. The molecule has 0 spiro atoms. The molecule has 0 aliphatic carbocycles. The summed E-state index contributed by atoms with van der Waals surface area (Å²) in [6.45, 7) is 2.48. The fourth-order valence-corrected chi connectivity index (χ4v) is 1.15. The van der Waals surface area contributed by atoms with Gasteiger partial charge in [-0.3, -0.25) is 0 Å². The first-order valence-corrected chi connectivity index (χ1v) is 4.77. The summed E-state index contributed by atoms with van der Waals surface area (Å²) < 4.78 is 25.2. The van der Waals surface area contributed by atoms with Crippen molar-refractivity contribution in [2.24, 2.45) is 0 Å². The molecule has 0 radical (unpaired) electrons. The van der Waals surface area contributed by atoms with Crippen LogP contribution in [0.3, 0.4) is 0 Å². The van der Waals surface area contributed by atoms with Crippen molar-refractivity contribution in [3.05, 3.63) is 0 Å². The number of hydrogen-bond donors (Lipinski definition) is 2. The van der Waals surface area contributed by atoms with E-state index >= 15 is 0 Å². The highest BCUT2D eigenvalue weighted by molar-refractivity contribution is 4.72. The summed E-state index contributed by atoms with van der Waals surface area (Å²) in [5, 5.41) is 11.1. The minimum absolute atomic E-state index is 0.141. The Bertz CT molecular complexity index is 131. The topological polar surface area (TPSA) is 32.3 Å². The van der Waals surface area contributed by atoms with Gasteiger partial charge in [-0.05, 0) is 12.8 Å². The summed E-state index contributed by atoms with van der Waals surface area (Å²) in [5.41, 5.74) is 0. The van der Waals surface area contributed by atoms with Gasteiger partial charge in [0.15, 0.2) is 0 Å². The van der Waals surface area contributed by atoms with Gasteiger partial charge in [0.05, 0.1) is 6.54 Å². The van der Waals surface area contributed by atoms with E-state index in [1.807, 2.05) is 13.8 Å². The number of nitrogens with one attached hydrogen (secondary N) is 1. The standard InChI is InChI=1S/C9H19F2NO/c1-3-5-8(4-2)12-6-9(10,11)7-13/h8,12-13H,3-7H2,1-2H3. The van der Waals surface area contributed by atoms with E-state index in [1.54, 1.807) is 0 Å². The molecule has 0 aromatic carbocycles. The Morgan fingerprint density at radius 1 is 1.38 bits per heavy atom. The lowest BCUT2D eigenvalue weighted by Crippen LogP contribution is -2.40. The van der Waals surface area contributed by atoms with E-state index in [-0.39, 0.29) is 6.04 Å². The van der Waals surface area contributed by atoms with Crippen LogP contribution in [-0.4, -0.2) is 30.2 Å². The predicted molar refractivity (Wildman–Crippen MR) is 49.0 cm³/mol. The molecule has 0 heterocycles. The third-order valence-corrected chi connectivity index (χ3v) is 2.01. The highest BCUT2D eigenvalue weighted by Crippen LogP contribution is 2.11. The van der Waals surface area contributed by atoms with Crippen molar-refractivity contribution >= 4 is 0 Å². The zero-order chi connectivity index (χ0) is 10.3. The molecule has 2 N–H and O–H groups in total. The van der Waals surface area contributed by atoms with Crippen LogP contribution in [0.15, 0.2) is 0 Å². The van der Waals surface area contributed by atoms with Gasteiger partial charge >= 0.3 is 0 Å². The first-order valence-electron chi connectivity index (χ1n) is 4.77. The number of rotatable bonds is 7. The summed E-state index contributed by atoms with van der Waals surface area (Å²) in [6, 6.07) is 0.141. The van der Waals surface area contributed by atoms with Gasteiger partial charge in [-0.2, -0.15) is 0 Å². The molecule has 0 aliphatic rings. The van der Waals surface area contributed by atoms with Gasteiger partial charge in [-0.1, -0.05) is 20.3 Å². The maximum absolute atomic E-state index is 12.6. The lowest BCUT2D eigenvalue weighted by Gasteiger charge is -2.20. The fraction of sp³-hybridized carbons (Fsp3) is 1.00. The highest BCUT2D eigenvalue weighted by Gasteiger charge is 2.27. The van der Waals surface area contributed by atoms with Crippen molar-refractivity contribution in [3.63, 3.8) is 0 Å². The molecule has 0 bridgehead atoms. The quantitative estimate of drug-likeness (QED) is 0.649. The van der Waals surface area contributed by atoms with Crippen molar-refractivity contribution < 1.29 is 13.9 Å². The van der Waals surface area contributed by atoms with Crippen LogP contribution in [0.1, 0.15) is 33.1 Å². The highest BCUT2D eigenvalue weighted by atomic mass is 19.3. The Balaban J connectivity index is 3.70. The second kappa shape index (κ2) is 6.27. The van der Waals surface area contributed by atoms with E-state index in [0.717, 1.165) is 19.3 Å². The fourth-order valence-electron chi connectivity index (χ4n) is 1.15. The maximum Gasteiger partial charge on any atom is 0.282 e. The van der Waals surface area contributed by atoms with Crippen molar-refractivity contribution in [1.82, 2.24) is 5.32 Å². The molecule has 80 valence electrons. The average Bonchev–Trinajstić information content (AvgIpc) is 2.12. The Kier molecular flexibility index (Phi) is 6.16. The van der Waals surface area contributed by atoms with Gasteiger partial charge in [0.25, 0.3) is 5.92 Å². The minimum Gasteiger partial charge on any atom is -0.390 e. The van der Waals surface area contributed by atoms with Gasteiger partial charge < -0.3 is 10.4 Å². The zero-order valence-corrected chi connectivity index (χ0v) is 8.32. The maximum atomic E-state index is 12.6. The summed E-state index contributed by atoms with van der Waals surface area (Å²) in [5.74, 6) is -2.98. The van der Waals surface area contributed by atoms with E-state index in [4.69, 9.17) is 5.11 Å². The third kappa shape index (κ3) is 5.93. The van der Waals surface area contributed by atoms with Crippen LogP contribution >= 0.6 is 0 Å². The number of hydrogen-bond acceptors (Lipinski definition) is 2. The molecule has 0 saturated heterocycles. The number of halogens is 2. The van der Waals surface area contributed by atoms with Crippen LogP contribution < -0.4 is 5.32 Å². The molecule has 13 heavy (non-hydrogen) atoms. The molecule has 0 aromatic heterocycles. The lowest BCUT2D eigenvalue weighted by atomic mass is 10.1. The van der Waals surface area contributed by atoms with Crippen LogP contribution in [0.5, 0.6) is 0 Å². The Labute approximate surface area is 78.3 Å². The number of aliphatic hydroxyl groups excluding tert-OH is 1. The molecule has 4 heteroatoms. The summed E-state index contributed by atoms with van der Waals surface area (Å²) >= 11 is 0. The summed E-state index contributed by atoms with van der Waals surface area (Å²) in [7, 11) is 0. The largest absolute Gasteiger partial charge is 0.390 e. The van der Waals surface area contributed by atoms with Gasteiger partial charge in [0.1, 0.15) is 6.61 Å². The van der Waals surface area contributed by atoms with Crippen LogP contribution in [0, 0.1) is 0 Å². The molecule has 2 nitrogen and oxygen atoms in total. The number of aliphatic hydroxyl groups is 1. The van der Waals surface area contributed by atoms with Crippen LogP contribution in [0.25, 0.3) is 0 Å². The molecule has 0 saturated carbocycles. The molecular weight excluding hydrogens is 176 g/mol. The molecule has 0 amide bonds. The van der Waals surface area contributed by atoms with Crippen LogP contribution in [0.2, 0.25) is 0 Å². The van der Waals surface area contributed by atoms with E-state index < -0.39 is 19.1 Å². The first kappa shape index (κ1) is 12.8. The van der Waals surface area contributed by atoms with Gasteiger partial charge in [-0.25, -0.2) is 8.78 Å². The molecule has 1 atom stereocenters. The first-order chi connectivity index (χ1) is 6.05. The molecule has 0 aliphatic heterocycles. The van der Waals surface area contributed by atoms with Crippen molar-refractivity contribution in [2.45, 2.75) is 45.1 Å². The van der Waals surface area contributed by atoms with Gasteiger partial charge in [0.2, 0.25) is 0 Å². The minimum atomic E-state index is -2.98. The Hall–Kier alpha value is -0.220. The summed E-state index contributed by atoms with van der Waals surface area (Å²) in [4.78, 5) is 0. The lowest BCUT2D eigenvalue weighted by molar-refractivity contribution is -0.0495. The second-order valence-electron chi connectivity index (χ2n) is 3.29. The average molecular weight is 195 g/mol. The molecule has 0 aromatic rings. The molecule has 0 fully saturated rings. The van der Waals surface area contributed by atoms with E-state index in [2.05, 4.69) is 5.32 Å². The SMILES string of the molecule is CCCC(CC)NCC(F)(F)CO. The van der Waals surface area contributed by atoms with E-state index in [9.17, 15) is 8.78 Å². The van der Waals surface area contributed by atoms with Gasteiger partial charge in [0, 0.05) is 6.04 Å². The molecular formula is C9H19F2NO. The second-order valence-corrected chi connectivity index (χ2v) is 3.29. The molecule has 0 rings (SSSR count). The Morgan fingerprint density at radius 3 is 2.38 bits per heavy atom.